The normalized spacial score (nSPS) is 12.0. The van der Waals surface area contributed by atoms with Crippen LogP contribution in [-0.4, -0.2) is 11.3 Å². The van der Waals surface area contributed by atoms with E-state index in [2.05, 4.69) is 0 Å². The number of halogens is 3. The highest BCUT2D eigenvalue weighted by molar-refractivity contribution is 8.14. The fourth-order valence-electron chi connectivity index (χ4n) is 1.72. The number of rotatable bonds is 4. The molecule has 0 aliphatic rings. The fraction of sp³-hybridized carbons (Fsp3) is 0.0667. The molecule has 0 amide bonds. The molecule has 2 nitrogen and oxygen atoms in total. The Balaban J connectivity index is 2.22. The van der Waals surface area contributed by atoms with Gasteiger partial charge in [-0.1, -0.05) is 29.4 Å². The molecule has 1 N–H and O–H groups in total. The van der Waals surface area contributed by atoms with Gasteiger partial charge < -0.3 is 4.79 Å². The zero-order valence-corrected chi connectivity index (χ0v) is 12.2. The van der Waals surface area contributed by atoms with Crippen molar-refractivity contribution in [3.05, 3.63) is 64.7 Å². The minimum absolute atomic E-state index is 0.0159. The number of nitrogens with one attached hydrogen (secondary N) is 1. The number of thioether (sulfide) groups is 1. The molecule has 1 atom stereocenters. The van der Waals surface area contributed by atoms with Gasteiger partial charge in [-0.25, -0.2) is 8.78 Å². The Kier molecular flexibility index (Phi) is 5.09. The maximum atomic E-state index is 13.7. The minimum atomic E-state index is -1.06. The molecule has 0 saturated carbocycles. The Hall–Kier alpha value is -1.72. The van der Waals surface area contributed by atoms with E-state index in [1.807, 2.05) is 0 Å². The smallest absolute Gasteiger partial charge is 0.134 e. The molecule has 2 aromatic carbocycles. The first-order valence-corrected chi connectivity index (χ1v) is 7.13. The van der Waals surface area contributed by atoms with Gasteiger partial charge in [-0.3, -0.25) is 5.41 Å². The molecule has 0 aromatic heterocycles. The van der Waals surface area contributed by atoms with Crippen LogP contribution in [0.2, 0.25) is 5.02 Å². The van der Waals surface area contributed by atoms with Crippen LogP contribution >= 0.6 is 23.4 Å². The van der Waals surface area contributed by atoms with Gasteiger partial charge in [0.1, 0.15) is 17.9 Å². The second kappa shape index (κ2) is 6.83. The van der Waals surface area contributed by atoms with Crippen LogP contribution in [0, 0.1) is 17.0 Å². The molecule has 0 aliphatic heterocycles. The summed E-state index contributed by atoms with van der Waals surface area (Å²) in [7, 11) is 0. The van der Waals surface area contributed by atoms with Crippen LogP contribution in [0.25, 0.3) is 0 Å². The fourth-order valence-corrected chi connectivity index (χ4v) is 2.68. The summed E-state index contributed by atoms with van der Waals surface area (Å²) in [5, 5.41) is 8.48. The summed E-state index contributed by atoms with van der Waals surface area (Å²) in [6.07, 6.45) is 0.474. The van der Waals surface area contributed by atoms with Crippen LogP contribution in [0.15, 0.2) is 47.4 Å². The van der Waals surface area contributed by atoms with Gasteiger partial charge >= 0.3 is 0 Å². The van der Waals surface area contributed by atoms with E-state index in [1.165, 1.54) is 6.07 Å². The number of benzene rings is 2. The van der Waals surface area contributed by atoms with Gasteiger partial charge in [0.2, 0.25) is 0 Å². The average Bonchev–Trinajstić information content (AvgIpc) is 2.44. The summed E-state index contributed by atoms with van der Waals surface area (Å²) < 4.78 is 26.6. The van der Waals surface area contributed by atoms with Crippen molar-refractivity contribution < 1.29 is 13.6 Å². The molecule has 2 aromatic rings. The third kappa shape index (κ3) is 3.89. The highest BCUT2D eigenvalue weighted by Crippen LogP contribution is 2.29. The van der Waals surface area contributed by atoms with Gasteiger partial charge in [0.05, 0.1) is 11.0 Å². The van der Waals surface area contributed by atoms with Crippen molar-refractivity contribution in [2.45, 2.75) is 10.8 Å². The SMILES string of the molecule is N=C(Sc1ccc(Cl)cc1)C(C=O)c1ccc(F)cc1F. The van der Waals surface area contributed by atoms with Crippen LogP contribution in [0.5, 0.6) is 0 Å². The van der Waals surface area contributed by atoms with Crippen molar-refractivity contribution in [3.63, 3.8) is 0 Å². The molecule has 2 rings (SSSR count). The van der Waals surface area contributed by atoms with E-state index in [1.54, 1.807) is 24.3 Å². The first-order chi connectivity index (χ1) is 10.0. The van der Waals surface area contributed by atoms with Crippen LogP contribution in [0.4, 0.5) is 8.78 Å². The first kappa shape index (κ1) is 15.7. The van der Waals surface area contributed by atoms with Gasteiger partial charge in [0.15, 0.2) is 0 Å². The van der Waals surface area contributed by atoms with E-state index in [-0.39, 0.29) is 10.6 Å². The predicted molar refractivity (Wildman–Crippen MR) is 80.2 cm³/mol. The molecule has 1 unspecified atom stereocenters. The van der Waals surface area contributed by atoms with Crippen LogP contribution < -0.4 is 0 Å². The highest BCUT2D eigenvalue weighted by atomic mass is 35.5. The molecule has 0 spiro atoms. The van der Waals surface area contributed by atoms with E-state index >= 15 is 0 Å². The molecular formula is C15H10ClF2NOS. The third-order valence-corrected chi connectivity index (χ3v) is 3.99. The number of carbonyl (C=O) groups excluding carboxylic acids is 1. The topological polar surface area (TPSA) is 40.9 Å². The molecule has 6 heteroatoms. The lowest BCUT2D eigenvalue weighted by Crippen LogP contribution is -2.12. The van der Waals surface area contributed by atoms with E-state index in [0.29, 0.717) is 22.3 Å². The van der Waals surface area contributed by atoms with Gasteiger partial charge in [-0.2, -0.15) is 0 Å². The van der Waals surface area contributed by atoms with Crippen molar-refractivity contribution in [2.75, 3.05) is 0 Å². The number of hydrogen-bond acceptors (Lipinski definition) is 3. The second-order valence-electron chi connectivity index (χ2n) is 4.20. The third-order valence-electron chi connectivity index (χ3n) is 2.76. The van der Waals surface area contributed by atoms with Crippen molar-refractivity contribution in [2.24, 2.45) is 0 Å². The molecule has 0 aliphatic carbocycles. The van der Waals surface area contributed by atoms with Gasteiger partial charge in [-0.05, 0) is 30.3 Å². The van der Waals surface area contributed by atoms with Crippen molar-refractivity contribution in [1.82, 2.24) is 0 Å². The summed E-state index contributed by atoms with van der Waals surface area (Å²) in [6.45, 7) is 0. The lowest BCUT2D eigenvalue weighted by molar-refractivity contribution is -0.107. The molecule has 0 bridgehead atoms. The summed E-state index contributed by atoms with van der Waals surface area (Å²) in [5.74, 6) is -2.63. The lowest BCUT2D eigenvalue weighted by atomic mass is 10.0. The van der Waals surface area contributed by atoms with E-state index in [9.17, 15) is 13.6 Å². The molecular weight excluding hydrogens is 316 g/mol. The Morgan fingerprint density at radius 1 is 1.19 bits per heavy atom. The maximum absolute atomic E-state index is 13.7. The monoisotopic (exact) mass is 325 g/mol. The van der Waals surface area contributed by atoms with Gasteiger partial charge in [0, 0.05) is 21.5 Å². The molecule has 0 heterocycles. The van der Waals surface area contributed by atoms with Crippen LogP contribution in [0.3, 0.4) is 0 Å². The zero-order chi connectivity index (χ0) is 15.4. The maximum Gasteiger partial charge on any atom is 0.134 e. The van der Waals surface area contributed by atoms with Gasteiger partial charge in [0.25, 0.3) is 0 Å². The van der Waals surface area contributed by atoms with E-state index < -0.39 is 17.6 Å². The largest absolute Gasteiger partial charge is 0.302 e. The minimum Gasteiger partial charge on any atom is -0.302 e. The quantitative estimate of drug-likeness (QED) is 0.384. The second-order valence-corrected chi connectivity index (χ2v) is 5.75. The Morgan fingerprint density at radius 3 is 2.43 bits per heavy atom. The van der Waals surface area contributed by atoms with Gasteiger partial charge in [-0.15, -0.1) is 0 Å². The molecule has 0 radical (unpaired) electrons. The molecule has 21 heavy (non-hydrogen) atoms. The summed E-state index contributed by atoms with van der Waals surface area (Å²) in [6, 6.07) is 9.66. The van der Waals surface area contributed by atoms with Crippen LogP contribution in [0.1, 0.15) is 11.5 Å². The molecule has 108 valence electrons. The van der Waals surface area contributed by atoms with Crippen molar-refractivity contribution in [1.29, 1.82) is 5.41 Å². The summed E-state index contributed by atoms with van der Waals surface area (Å²) in [5.41, 5.74) is -0.0159. The summed E-state index contributed by atoms with van der Waals surface area (Å²) >= 11 is 6.79. The molecule has 0 saturated heterocycles. The van der Waals surface area contributed by atoms with Crippen molar-refractivity contribution in [3.8, 4) is 0 Å². The summed E-state index contributed by atoms with van der Waals surface area (Å²) in [4.78, 5) is 11.9. The molecule has 0 fully saturated rings. The number of aldehydes is 1. The highest BCUT2D eigenvalue weighted by Gasteiger charge is 2.21. The lowest BCUT2D eigenvalue weighted by Gasteiger charge is -2.13. The first-order valence-electron chi connectivity index (χ1n) is 5.93. The van der Waals surface area contributed by atoms with E-state index in [4.69, 9.17) is 17.0 Å². The average molecular weight is 326 g/mol. The Bertz CT molecular complexity index is 676. The predicted octanol–water partition coefficient (Wildman–Crippen LogP) is 4.67. The number of hydrogen-bond donors (Lipinski definition) is 1. The number of carbonyl (C=O) groups is 1. The van der Waals surface area contributed by atoms with Crippen molar-refractivity contribution >= 4 is 34.7 Å². The standard InChI is InChI=1S/C15H10ClF2NOS/c16-9-1-4-11(5-2-9)21-15(19)13(8-20)12-6-3-10(17)7-14(12)18/h1-8,13,19H. The zero-order valence-electron chi connectivity index (χ0n) is 10.6. The van der Waals surface area contributed by atoms with Crippen LogP contribution in [-0.2, 0) is 4.79 Å². The van der Waals surface area contributed by atoms with E-state index in [0.717, 1.165) is 17.8 Å². The Labute approximate surface area is 129 Å². The Morgan fingerprint density at radius 2 is 1.86 bits per heavy atom.